The molecule has 0 radical (unpaired) electrons. The number of nitrogens with zero attached hydrogens (tertiary/aromatic N) is 1. The van der Waals surface area contributed by atoms with Crippen molar-refractivity contribution in [1.29, 1.82) is 0 Å². The van der Waals surface area contributed by atoms with Crippen LogP contribution in [-0.2, 0) is 16.1 Å². The molecule has 0 saturated heterocycles. The monoisotopic (exact) mass is 651 g/mol. The molecule has 256 valence electrons. The molecule has 2 unspecified atom stereocenters. The van der Waals surface area contributed by atoms with Crippen LogP contribution in [0, 0.1) is 23.7 Å². The average Bonchev–Trinajstić information content (AvgIpc) is 3.39. The lowest BCUT2D eigenvalue weighted by atomic mass is 9.70. The first-order chi connectivity index (χ1) is 22.9. The van der Waals surface area contributed by atoms with Gasteiger partial charge in [-0.3, -0.25) is 9.59 Å². The number of carbonyl (C=O) groups excluding carboxylic acids is 3. The first kappa shape index (κ1) is 36.8. The number of fused-ring (bicyclic) bond motifs is 2. The number of Topliss-reactive ketones (excluding diaryl/α,β-unsaturated/α-hetero) is 1. The zero-order valence-corrected chi connectivity index (χ0v) is 29.9. The summed E-state index contributed by atoms with van der Waals surface area (Å²) in [7, 11) is 0. The molecule has 0 aliphatic heterocycles. The van der Waals surface area contributed by atoms with E-state index in [0.29, 0.717) is 47.9 Å². The summed E-state index contributed by atoms with van der Waals surface area (Å²) in [6, 6.07) is 20.0. The third kappa shape index (κ3) is 7.65. The van der Waals surface area contributed by atoms with Crippen molar-refractivity contribution in [2.75, 3.05) is 13.1 Å². The summed E-state index contributed by atoms with van der Waals surface area (Å²) in [6.45, 7) is 15.9. The van der Waals surface area contributed by atoms with Crippen LogP contribution >= 0.6 is 0 Å². The van der Waals surface area contributed by atoms with E-state index in [0.717, 1.165) is 49.7 Å². The van der Waals surface area contributed by atoms with E-state index < -0.39 is 5.97 Å². The van der Waals surface area contributed by atoms with E-state index in [2.05, 4.69) is 65.0 Å². The maximum absolute atomic E-state index is 13.2. The Balaban J connectivity index is 0.000000235. The Labute approximate surface area is 287 Å². The second-order valence-electron chi connectivity index (χ2n) is 14.0. The molecule has 2 aliphatic rings. The zero-order valence-electron chi connectivity index (χ0n) is 29.9. The van der Waals surface area contributed by atoms with Gasteiger partial charge in [0.15, 0.2) is 11.6 Å². The smallest absolute Gasteiger partial charge is 0.357 e. The number of hydrogen-bond acceptors (Lipinski definition) is 6. The molecule has 3 aromatic rings. The Morgan fingerprint density at radius 2 is 1.52 bits per heavy atom. The van der Waals surface area contributed by atoms with Crippen molar-refractivity contribution in [2.45, 2.75) is 93.4 Å². The van der Waals surface area contributed by atoms with Crippen LogP contribution in [0.5, 0.6) is 5.75 Å². The van der Waals surface area contributed by atoms with E-state index in [1.54, 1.807) is 41.5 Å². The summed E-state index contributed by atoms with van der Waals surface area (Å²) in [5, 5.41) is 11.7. The molecule has 6 heteroatoms. The molecule has 2 atom stereocenters. The van der Waals surface area contributed by atoms with Crippen LogP contribution in [0.4, 0.5) is 0 Å². The SMILES string of the molecule is CCCCCCc1c(C(=O)ON(CC)CC)cccc1C(=O)c1ccccc1O.Cc1ccc(C=C2C(=O)C3(C)CCC2C3(C)C)cc1. The standard InChI is InChI=1S/C24H31NO4.C18H22O/c1-4-7-8-9-13-18-19(23(27)21-14-10-11-17-22(21)26)15-12-16-20(18)24(28)29-25(5-2)6-3;1-12-5-7-13(8-6-12)11-14-15-9-10-18(4,16(14)19)17(15,2)3/h10-12,14-17,26H,4-9,13H2,1-3H3;5-8,11,15H,9-10H2,1-4H3. The Morgan fingerprint density at radius 3 is 2.12 bits per heavy atom. The Hall–Kier alpha value is -4.03. The molecule has 6 nitrogen and oxygen atoms in total. The van der Waals surface area contributed by atoms with Gasteiger partial charge in [0.25, 0.3) is 0 Å². The minimum absolute atomic E-state index is 0.0643. The third-order valence-electron chi connectivity index (χ3n) is 10.8. The van der Waals surface area contributed by atoms with Crippen molar-refractivity contribution in [1.82, 2.24) is 5.06 Å². The van der Waals surface area contributed by atoms with Crippen molar-refractivity contribution in [3.8, 4) is 5.75 Å². The largest absolute Gasteiger partial charge is 0.507 e. The Bertz CT molecular complexity index is 1630. The lowest BCUT2D eigenvalue weighted by Crippen LogP contribution is -2.32. The molecule has 2 aliphatic carbocycles. The maximum Gasteiger partial charge on any atom is 0.357 e. The number of hydroxylamine groups is 2. The number of rotatable bonds is 12. The van der Waals surface area contributed by atoms with Gasteiger partial charge in [-0.2, -0.15) is 0 Å². The second-order valence-corrected chi connectivity index (χ2v) is 14.0. The summed E-state index contributed by atoms with van der Waals surface area (Å²) >= 11 is 0. The minimum atomic E-state index is -0.453. The number of hydrogen-bond donors (Lipinski definition) is 1. The molecule has 0 aromatic heterocycles. The van der Waals surface area contributed by atoms with Gasteiger partial charge in [0.1, 0.15) is 5.75 Å². The number of phenolic OH excluding ortho intramolecular Hbond substituents is 1. The number of aromatic hydroxyl groups is 1. The number of ketones is 2. The molecule has 1 N–H and O–H groups in total. The van der Waals surface area contributed by atoms with Crippen LogP contribution in [0.2, 0.25) is 0 Å². The number of carbonyl (C=O) groups is 3. The maximum atomic E-state index is 13.2. The first-order valence-electron chi connectivity index (χ1n) is 17.6. The summed E-state index contributed by atoms with van der Waals surface area (Å²) in [4.78, 5) is 44.2. The van der Waals surface area contributed by atoms with Crippen molar-refractivity contribution < 1.29 is 24.3 Å². The predicted molar refractivity (Wildman–Crippen MR) is 193 cm³/mol. The summed E-state index contributed by atoms with van der Waals surface area (Å²) in [6.07, 6.45) is 9.06. The van der Waals surface area contributed by atoms with Crippen LogP contribution in [0.1, 0.15) is 123 Å². The molecule has 0 amide bonds. The number of para-hydroxylation sites is 1. The highest BCUT2D eigenvalue weighted by Crippen LogP contribution is 2.65. The molecule has 48 heavy (non-hydrogen) atoms. The fraction of sp³-hybridized carbons (Fsp3) is 0.452. The summed E-state index contributed by atoms with van der Waals surface area (Å²) in [5.74, 6) is 0.0170. The first-order valence-corrected chi connectivity index (χ1v) is 17.6. The molecule has 2 bridgehead atoms. The highest BCUT2D eigenvalue weighted by molar-refractivity contribution is 6.12. The summed E-state index contributed by atoms with van der Waals surface area (Å²) in [5.41, 5.74) is 5.21. The van der Waals surface area contributed by atoms with Gasteiger partial charge in [0.05, 0.1) is 11.1 Å². The van der Waals surface area contributed by atoms with Crippen LogP contribution in [0.25, 0.3) is 6.08 Å². The van der Waals surface area contributed by atoms with Gasteiger partial charge in [0.2, 0.25) is 0 Å². The van der Waals surface area contributed by atoms with Gasteiger partial charge < -0.3 is 9.94 Å². The van der Waals surface area contributed by atoms with E-state index in [1.807, 2.05) is 13.8 Å². The van der Waals surface area contributed by atoms with Crippen LogP contribution in [0.3, 0.4) is 0 Å². The second kappa shape index (κ2) is 15.9. The van der Waals surface area contributed by atoms with E-state index in [-0.39, 0.29) is 27.9 Å². The third-order valence-corrected chi connectivity index (χ3v) is 10.8. The molecule has 2 saturated carbocycles. The van der Waals surface area contributed by atoms with Crippen LogP contribution < -0.4 is 0 Å². The highest BCUT2D eigenvalue weighted by atomic mass is 16.7. The number of aryl methyl sites for hydroxylation is 1. The van der Waals surface area contributed by atoms with E-state index >= 15 is 0 Å². The van der Waals surface area contributed by atoms with Gasteiger partial charge in [-0.1, -0.05) is 101 Å². The van der Waals surface area contributed by atoms with Gasteiger partial charge in [-0.25, -0.2) is 4.79 Å². The normalized spacial score (nSPS) is 20.1. The van der Waals surface area contributed by atoms with Gasteiger partial charge in [0, 0.05) is 24.1 Å². The minimum Gasteiger partial charge on any atom is -0.507 e. The highest BCUT2D eigenvalue weighted by Gasteiger charge is 2.63. The summed E-state index contributed by atoms with van der Waals surface area (Å²) < 4.78 is 0. The lowest BCUT2D eigenvalue weighted by Gasteiger charge is -2.31. The van der Waals surface area contributed by atoms with Crippen LogP contribution in [0.15, 0.2) is 72.3 Å². The Morgan fingerprint density at radius 1 is 0.875 bits per heavy atom. The molecule has 5 rings (SSSR count). The average molecular weight is 652 g/mol. The number of allylic oxidation sites excluding steroid dienone is 1. The van der Waals surface area contributed by atoms with Crippen molar-refractivity contribution in [3.63, 3.8) is 0 Å². The molecular formula is C42H53NO5. The zero-order chi connectivity index (χ0) is 35.1. The van der Waals surface area contributed by atoms with Gasteiger partial charge in [-0.05, 0) is 98.8 Å². The number of unbranched alkanes of at least 4 members (excludes halogenated alkanes) is 3. The fourth-order valence-corrected chi connectivity index (χ4v) is 7.25. The topological polar surface area (TPSA) is 83.9 Å². The van der Waals surface area contributed by atoms with Crippen LogP contribution in [-0.4, -0.2) is 40.8 Å². The molecule has 3 aromatic carbocycles. The van der Waals surface area contributed by atoms with E-state index in [4.69, 9.17) is 4.84 Å². The fourth-order valence-electron chi connectivity index (χ4n) is 7.25. The molecular weight excluding hydrogens is 598 g/mol. The van der Waals surface area contributed by atoms with Gasteiger partial charge in [-0.15, -0.1) is 5.06 Å². The van der Waals surface area contributed by atoms with Gasteiger partial charge >= 0.3 is 5.97 Å². The molecule has 2 fully saturated rings. The van der Waals surface area contributed by atoms with Crippen molar-refractivity contribution in [3.05, 3.63) is 106 Å². The molecule has 0 heterocycles. The van der Waals surface area contributed by atoms with Crippen molar-refractivity contribution in [2.24, 2.45) is 16.7 Å². The van der Waals surface area contributed by atoms with E-state index in [1.165, 1.54) is 11.6 Å². The number of phenols is 1. The Kier molecular flexibility index (Phi) is 12.2. The van der Waals surface area contributed by atoms with E-state index in [9.17, 15) is 19.5 Å². The predicted octanol–water partition coefficient (Wildman–Crippen LogP) is 9.56. The lowest BCUT2D eigenvalue weighted by molar-refractivity contribution is -0.125. The number of benzene rings is 3. The quantitative estimate of drug-likeness (QED) is 0.0909. The molecule has 0 spiro atoms. The van der Waals surface area contributed by atoms with Crippen molar-refractivity contribution >= 4 is 23.6 Å².